The lowest BCUT2D eigenvalue weighted by Gasteiger charge is -2.36. The van der Waals surface area contributed by atoms with Crippen molar-refractivity contribution in [3.63, 3.8) is 0 Å². The largest absolute Gasteiger partial charge is 0.490 e. The average molecular weight is 586 g/mol. The van der Waals surface area contributed by atoms with Crippen molar-refractivity contribution in [1.82, 2.24) is 25.7 Å². The number of rotatable bonds is 10. The van der Waals surface area contributed by atoms with E-state index in [2.05, 4.69) is 63.8 Å². The molecule has 2 aromatic heterocycles. The maximum Gasteiger partial charge on any atom is 0.407 e. The summed E-state index contributed by atoms with van der Waals surface area (Å²) < 4.78 is 22.6. The summed E-state index contributed by atoms with van der Waals surface area (Å²) in [5.74, 6) is 2.72. The summed E-state index contributed by atoms with van der Waals surface area (Å²) in [5, 5.41) is 15.0. The fourth-order valence-electron chi connectivity index (χ4n) is 5.33. The number of hydrogen-bond donors (Lipinski definition) is 1. The summed E-state index contributed by atoms with van der Waals surface area (Å²) in [6.45, 7) is 11.9. The van der Waals surface area contributed by atoms with E-state index < -0.39 is 0 Å². The number of carbonyl (C=O) groups excluding carboxylic acids is 1. The van der Waals surface area contributed by atoms with Gasteiger partial charge in [0.25, 0.3) is 0 Å². The van der Waals surface area contributed by atoms with E-state index in [9.17, 15) is 4.79 Å². The van der Waals surface area contributed by atoms with Crippen LogP contribution in [0.1, 0.15) is 77.3 Å². The molecule has 0 atom stereocenters. The number of amides is 1. The van der Waals surface area contributed by atoms with E-state index in [1.165, 1.54) is 11.1 Å². The third kappa shape index (κ3) is 7.13. The standard InChI is InChI=1S/C33H39N5O5/c1-7-33(8-2,22-9-13-24(14-10-22)40-26-19-27(20-26)42-31(39)35-32(4,5)6)23-11-15-25(16-12-23)41-29-18-17-28(36-37-29)30-34-21(3)43-38-30/h9-18,26-27H,7-8,19-20H2,1-6H3,(H,35,39). The number of ether oxygens (including phenoxy) is 3. The average Bonchev–Trinajstić information content (AvgIpc) is 3.40. The third-order valence-corrected chi connectivity index (χ3v) is 7.75. The minimum Gasteiger partial charge on any atom is -0.490 e. The molecular formula is C33H39N5O5. The molecule has 10 nitrogen and oxygen atoms in total. The lowest BCUT2D eigenvalue weighted by molar-refractivity contribution is -0.0243. The maximum absolute atomic E-state index is 12.0. The molecule has 0 radical (unpaired) electrons. The number of nitrogens with one attached hydrogen (secondary N) is 1. The van der Waals surface area contributed by atoms with Gasteiger partial charge >= 0.3 is 6.09 Å². The number of carbonyl (C=O) groups is 1. The molecular weight excluding hydrogens is 546 g/mol. The van der Waals surface area contributed by atoms with Crippen molar-refractivity contribution >= 4 is 6.09 Å². The van der Waals surface area contributed by atoms with E-state index in [0.717, 1.165) is 18.6 Å². The zero-order chi connectivity index (χ0) is 30.6. The van der Waals surface area contributed by atoms with Crippen molar-refractivity contribution < 1.29 is 23.5 Å². The Morgan fingerprint density at radius 1 is 0.884 bits per heavy atom. The number of aromatic nitrogens is 4. The van der Waals surface area contributed by atoms with E-state index in [4.69, 9.17) is 18.7 Å². The summed E-state index contributed by atoms with van der Waals surface area (Å²) >= 11 is 0. The first kappa shape index (κ1) is 30.0. The monoisotopic (exact) mass is 585 g/mol. The van der Waals surface area contributed by atoms with Crippen molar-refractivity contribution in [3.05, 3.63) is 77.7 Å². The molecule has 226 valence electrons. The molecule has 0 bridgehead atoms. The van der Waals surface area contributed by atoms with Crippen LogP contribution in [0.5, 0.6) is 17.4 Å². The van der Waals surface area contributed by atoms with Gasteiger partial charge in [-0.05, 0) is 75.1 Å². The highest BCUT2D eigenvalue weighted by atomic mass is 16.6. The summed E-state index contributed by atoms with van der Waals surface area (Å²) in [5.41, 5.74) is 2.47. The van der Waals surface area contributed by atoms with Gasteiger partial charge in [-0.15, -0.1) is 10.2 Å². The molecule has 0 saturated heterocycles. The van der Waals surface area contributed by atoms with Crippen LogP contribution in [0.15, 0.2) is 65.2 Å². The lowest BCUT2D eigenvalue weighted by Crippen LogP contribution is -2.46. The highest BCUT2D eigenvalue weighted by Gasteiger charge is 2.35. The molecule has 1 aliphatic rings. The molecule has 43 heavy (non-hydrogen) atoms. The molecule has 5 rings (SSSR count). The minimum atomic E-state index is -0.380. The van der Waals surface area contributed by atoms with Crippen molar-refractivity contribution in [2.45, 2.75) is 90.4 Å². The van der Waals surface area contributed by atoms with Crippen molar-refractivity contribution in [1.29, 1.82) is 0 Å². The fourth-order valence-corrected chi connectivity index (χ4v) is 5.33. The quantitative estimate of drug-likeness (QED) is 0.206. The van der Waals surface area contributed by atoms with Crippen LogP contribution in [0.25, 0.3) is 11.5 Å². The molecule has 0 aliphatic heterocycles. The summed E-state index contributed by atoms with van der Waals surface area (Å²) in [4.78, 5) is 16.2. The predicted molar refractivity (Wildman–Crippen MR) is 161 cm³/mol. The smallest absolute Gasteiger partial charge is 0.407 e. The molecule has 1 aliphatic carbocycles. The Morgan fingerprint density at radius 3 is 2.02 bits per heavy atom. The van der Waals surface area contributed by atoms with Crippen molar-refractivity contribution in [2.24, 2.45) is 0 Å². The van der Waals surface area contributed by atoms with Gasteiger partial charge in [0.05, 0.1) is 0 Å². The fraction of sp³-hybridized carbons (Fsp3) is 0.424. The normalized spacial score (nSPS) is 16.7. The maximum atomic E-state index is 12.0. The Kier molecular flexibility index (Phi) is 8.66. The molecule has 2 heterocycles. The second-order valence-corrected chi connectivity index (χ2v) is 11.9. The van der Waals surface area contributed by atoms with Gasteiger partial charge in [0.1, 0.15) is 29.4 Å². The van der Waals surface area contributed by atoms with Gasteiger partial charge in [0.15, 0.2) is 0 Å². The first-order valence-electron chi connectivity index (χ1n) is 14.8. The van der Waals surface area contributed by atoms with E-state index in [1.54, 1.807) is 19.1 Å². The van der Waals surface area contributed by atoms with Crippen LogP contribution in [-0.2, 0) is 10.2 Å². The van der Waals surface area contributed by atoms with Gasteiger partial charge < -0.3 is 24.1 Å². The Hall–Kier alpha value is -4.47. The lowest BCUT2D eigenvalue weighted by atomic mass is 9.70. The molecule has 4 aromatic rings. The first-order valence-corrected chi connectivity index (χ1v) is 14.8. The molecule has 10 heteroatoms. The van der Waals surface area contributed by atoms with Crippen LogP contribution in [0.2, 0.25) is 0 Å². The predicted octanol–water partition coefficient (Wildman–Crippen LogP) is 7.17. The van der Waals surface area contributed by atoms with Crippen LogP contribution in [0.3, 0.4) is 0 Å². The Morgan fingerprint density at radius 2 is 1.51 bits per heavy atom. The number of benzene rings is 2. The number of aryl methyl sites for hydroxylation is 1. The van der Waals surface area contributed by atoms with E-state index in [1.807, 2.05) is 45.0 Å². The summed E-state index contributed by atoms with van der Waals surface area (Å²) in [7, 11) is 0. The third-order valence-electron chi connectivity index (χ3n) is 7.75. The Labute approximate surface area is 252 Å². The van der Waals surface area contributed by atoms with Crippen LogP contribution in [-0.4, -0.2) is 44.2 Å². The van der Waals surface area contributed by atoms with Gasteiger partial charge in [-0.25, -0.2) is 4.79 Å². The molecule has 1 N–H and O–H groups in total. The van der Waals surface area contributed by atoms with E-state index >= 15 is 0 Å². The molecule has 2 aromatic carbocycles. The highest BCUT2D eigenvalue weighted by Crippen LogP contribution is 2.40. The molecule has 1 amide bonds. The number of hydrogen-bond acceptors (Lipinski definition) is 9. The molecule has 0 spiro atoms. The van der Waals surface area contributed by atoms with Gasteiger partial charge in [0, 0.05) is 36.8 Å². The summed E-state index contributed by atoms with van der Waals surface area (Å²) in [6, 6.07) is 20.0. The zero-order valence-corrected chi connectivity index (χ0v) is 25.6. The van der Waals surface area contributed by atoms with Crippen molar-refractivity contribution in [2.75, 3.05) is 0 Å². The molecule has 1 saturated carbocycles. The van der Waals surface area contributed by atoms with Gasteiger partial charge in [0.2, 0.25) is 17.6 Å². The number of alkyl carbamates (subject to hydrolysis) is 1. The van der Waals surface area contributed by atoms with Gasteiger partial charge in [-0.2, -0.15) is 4.98 Å². The zero-order valence-electron chi connectivity index (χ0n) is 25.6. The molecule has 1 fully saturated rings. The number of nitrogens with zero attached hydrogens (tertiary/aromatic N) is 4. The molecule has 0 unspecified atom stereocenters. The Bertz CT molecular complexity index is 1500. The second-order valence-electron chi connectivity index (χ2n) is 11.9. The van der Waals surface area contributed by atoms with Crippen LogP contribution < -0.4 is 14.8 Å². The summed E-state index contributed by atoms with van der Waals surface area (Å²) in [6.07, 6.45) is 2.80. The topological polar surface area (TPSA) is 121 Å². The van der Waals surface area contributed by atoms with Gasteiger partial charge in [-0.3, -0.25) is 0 Å². The second kappa shape index (κ2) is 12.4. The van der Waals surface area contributed by atoms with Gasteiger partial charge in [-0.1, -0.05) is 43.3 Å². The minimum absolute atomic E-state index is 0.0389. The van der Waals surface area contributed by atoms with Crippen molar-refractivity contribution in [3.8, 4) is 28.9 Å². The SMILES string of the molecule is CCC(CC)(c1ccc(Oc2ccc(-c3noc(C)n3)nn2)cc1)c1ccc(OC2CC(OC(=O)NC(C)(C)C)C2)cc1. The van der Waals surface area contributed by atoms with Crippen LogP contribution in [0, 0.1) is 6.92 Å². The van der Waals surface area contributed by atoms with E-state index in [0.29, 0.717) is 41.9 Å². The first-order chi connectivity index (χ1) is 20.6. The van der Waals surface area contributed by atoms with Crippen LogP contribution >= 0.6 is 0 Å². The van der Waals surface area contributed by atoms with Crippen LogP contribution in [0.4, 0.5) is 4.79 Å². The van der Waals surface area contributed by atoms with E-state index in [-0.39, 0.29) is 29.3 Å². The highest BCUT2D eigenvalue weighted by molar-refractivity contribution is 5.68. The Balaban J connectivity index is 1.19.